The minimum atomic E-state index is -0.00209. The molecule has 4 nitrogen and oxygen atoms in total. The second-order valence-electron chi connectivity index (χ2n) is 10.7. The van der Waals surface area contributed by atoms with Gasteiger partial charge in [-0.2, -0.15) is 0 Å². The van der Waals surface area contributed by atoms with E-state index >= 15 is 0 Å². The van der Waals surface area contributed by atoms with Gasteiger partial charge in [-0.15, -0.1) is 0 Å². The van der Waals surface area contributed by atoms with Gasteiger partial charge in [0, 0.05) is 13.0 Å². The fraction of sp³-hybridized carbons (Fsp3) is 0.967. The Morgan fingerprint density at radius 1 is 0.676 bits per heavy atom. The summed E-state index contributed by atoms with van der Waals surface area (Å²) in [5.74, 6) is 0.399. The van der Waals surface area contributed by atoms with Crippen LogP contribution in [0.25, 0.3) is 0 Å². The molecule has 1 unspecified atom stereocenters. The van der Waals surface area contributed by atoms with Crippen molar-refractivity contribution in [2.75, 3.05) is 26.2 Å². The Balaban J connectivity index is 3.81. The third-order valence-electron chi connectivity index (χ3n) is 6.97. The Kier molecular flexibility index (Phi) is 25.0. The highest BCUT2D eigenvalue weighted by atomic mass is 16.5. The minimum absolute atomic E-state index is 0.00209. The molecule has 1 atom stereocenters. The molecule has 0 bridgehead atoms. The molecule has 0 aromatic heterocycles. The summed E-state index contributed by atoms with van der Waals surface area (Å²) in [7, 11) is 0. The number of carbonyl (C=O) groups is 1. The van der Waals surface area contributed by atoms with Crippen LogP contribution < -0.4 is 0 Å². The fourth-order valence-electron chi connectivity index (χ4n) is 4.61. The van der Waals surface area contributed by atoms with Gasteiger partial charge in [0.05, 0.1) is 6.61 Å². The Bertz CT molecular complexity index is 427. The van der Waals surface area contributed by atoms with Crippen molar-refractivity contribution in [2.45, 2.75) is 156 Å². The number of ether oxygens (including phenoxy) is 1. The summed E-state index contributed by atoms with van der Waals surface area (Å²) in [6, 6.07) is 0. The summed E-state index contributed by atoms with van der Waals surface area (Å²) in [5, 5.41) is 9.34. The zero-order valence-electron chi connectivity index (χ0n) is 23.6. The number of aliphatic hydroxyl groups excluding tert-OH is 1. The van der Waals surface area contributed by atoms with Gasteiger partial charge in [-0.25, -0.2) is 0 Å². The first kappa shape index (κ1) is 33.4. The van der Waals surface area contributed by atoms with Crippen LogP contribution in [0.1, 0.15) is 150 Å². The molecule has 0 aliphatic carbocycles. The summed E-state index contributed by atoms with van der Waals surface area (Å²) in [4.78, 5) is 14.7. The molecule has 0 saturated carbocycles. The summed E-state index contributed by atoms with van der Waals surface area (Å²) in [6.45, 7) is 12.1. The molecule has 0 aromatic rings. The largest absolute Gasteiger partial charge is 0.462 e. The van der Waals surface area contributed by atoms with Gasteiger partial charge in [0.15, 0.2) is 0 Å². The molecular weight excluding hydrogens is 422 g/mol. The molecule has 0 radical (unpaired) electrons. The maximum Gasteiger partial charge on any atom is 0.306 e. The molecule has 4 heteroatoms. The molecule has 0 aromatic carbocycles. The Labute approximate surface area is 213 Å². The number of nitrogens with zero attached hydrogens (tertiary/aromatic N) is 1. The minimum Gasteiger partial charge on any atom is -0.462 e. The van der Waals surface area contributed by atoms with E-state index in [0.29, 0.717) is 12.3 Å². The fourth-order valence-corrected chi connectivity index (χ4v) is 4.61. The quantitative estimate of drug-likeness (QED) is 0.0992. The Hall–Kier alpha value is -0.610. The highest BCUT2D eigenvalue weighted by molar-refractivity contribution is 5.69. The maximum absolute atomic E-state index is 12.3. The predicted molar refractivity (Wildman–Crippen MR) is 147 cm³/mol. The summed E-state index contributed by atoms with van der Waals surface area (Å²) < 4.78 is 5.82. The van der Waals surface area contributed by atoms with E-state index in [1.54, 1.807) is 0 Å². The molecule has 0 fully saturated rings. The van der Waals surface area contributed by atoms with E-state index in [0.717, 1.165) is 38.9 Å². The summed E-state index contributed by atoms with van der Waals surface area (Å²) in [6.07, 6.45) is 22.9. The van der Waals surface area contributed by atoms with Crippen LogP contribution in [0.15, 0.2) is 0 Å². The van der Waals surface area contributed by atoms with Crippen LogP contribution in [-0.4, -0.2) is 48.3 Å². The molecule has 0 saturated heterocycles. The zero-order valence-corrected chi connectivity index (χ0v) is 23.6. The second-order valence-corrected chi connectivity index (χ2v) is 10.7. The summed E-state index contributed by atoms with van der Waals surface area (Å²) >= 11 is 0. The van der Waals surface area contributed by atoms with Crippen LogP contribution in [-0.2, 0) is 9.53 Å². The molecule has 0 aliphatic rings. The first-order valence-electron chi connectivity index (χ1n) is 15.1. The number of unbranched alkanes of at least 4 members (excludes halogenated alkanes) is 14. The average Bonchev–Trinajstić information content (AvgIpc) is 2.81. The molecule has 0 amide bonds. The van der Waals surface area contributed by atoms with E-state index < -0.39 is 0 Å². The van der Waals surface area contributed by atoms with Crippen molar-refractivity contribution in [3.05, 3.63) is 0 Å². The smallest absolute Gasteiger partial charge is 0.306 e. The first-order valence-corrected chi connectivity index (χ1v) is 15.1. The molecule has 34 heavy (non-hydrogen) atoms. The highest BCUT2D eigenvalue weighted by Gasteiger charge is 2.17. The third kappa shape index (κ3) is 21.9. The van der Waals surface area contributed by atoms with Crippen molar-refractivity contribution in [1.82, 2.24) is 4.90 Å². The van der Waals surface area contributed by atoms with Crippen molar-refractivity contribution in [2.24, 2.45) is 5.92 Å². The molecule has 0 rings (SSSR count). The normalized spacial score (nSPS) is 12.6. The van der Waals surface area contributed by atoms with E-state index in [1.165, 1.54) is 96.3 Å². The lowest BCUT2D eigenvalue weighted by Gasteiger charge is -2.21. The molecular formula is C30H61NO3. The van der Waals surface area contributed by atoms with Gasteiger partial charge < -0.3 is 14.7 Å². The average molecular weight is 484 g/mol. The first-order chi connectivity index (χ1) is 16.5. The van der Waals surface area contributed by atoms with Crippen molar-refractivity contribution in [3.63, 3.8) is 0 Å². The van der Waals surface area contributed by atoms with E-state index in [9.17, 15) is 9.90 Å². The number of hydrogen-bond donors (Lipinski definition) is 1. The summed E-state index contributed by atoms with van der Waals surface area (Å²) in [5.41, 5.74) is 0. The second kappa shape index (κ2) is 25.5. The zero-order chi connectivity index (χ0) is 25.3. The SMILES string of the molecule is CCCCCCCCC(OC(=O)CCCCCCCN(CCO)CCCCCCCC)C(C)C. The Morgan fingerprint density at radius 2 is 1.15 bits per heavy atom. The lowest BCUT2D eigenvalue weighted by Crippen LogP contribution is -2.29. The number of rotatable bonds is 26. The monoisotopic (exact) mass is 483 g/mol. The van der Waals surface area contributed by atoms with Crippen LogP contribution >= 0.6 is 0 Å². The molecule has 1 N–H and O–H groups in total. The number of hydrogen-bond acceptors (Lipinski definition) is 4. The lowest BCUT2D eigenvalue weighted by molar-refractivity contribution is -0.151. The maximum atomic E-state index is 12.3. The van der Waals surface area contributed by atoms with Crippen molar-refractivity contribution >= 4 is 5.97 Å². The topological polar surface area (TPSA) is 49.8 Å². The molecule has 204 valence electrons. The number of carbonyl (C=O) groups excluding carboxylic acids is 1. The van der Waals surface area contributed by atoms with Crippen LogP contribution in [0.3, 0.4) is 0 Å². The van der Waals surface area contributed by atoms with Crippen LogP contribution in [0.5, 0.6) is 0 Å². The standard InChI is InChI=1S/C30H61NO3/c1-5-7-9-11-14-18-22-29(28(3)4)34-30(33)23-19-15-13-17-21-25-31(26-27-32)24-20-16-12-10-8-6-2/h28-29,32H,5-27H2,1-4H3. The highest BCUT2D eigenvalue weighted by Crippen LogP contribution is 2.18. The van der Waals surface area contributed by atoms with E-state index in [-0.39, 0.29) is 18.7 Å². The molecule has 0 heterocycles. The van der Waals surface area contributed by atoms with E-state index in [1.807, 2.05) is 0 Å². The van der Waals surface area contributed by atoms with Crippen LogP contribution in [0.2, 0.25) is 0 Å². The van der Waals surface area contributed by atoms with Gasteiger partial charge >= 0.3 is 5.97 Å². The van der Waals surface area contributed by atoms with Gasteiger partial charge in [0.25, 0.3) is 0 Å². The lowest BCUT2D eigenvalue weighted by atomic mass is 9.99. The van der Waals surface area contributed by atoms with Gasteiger partial charge in [-0.3, -0.25) is 4.79 Å². The molecule has 0 spiro atoms. The van der Waals surface area contributed by atoms with E-state index in [4.69, 9.17) is 4.74 Å². The van der Waals surface area contributed by atoms with Gasteiger partial charge in [0.2, 0.25) is 0 Å². The third-order valence-corrected chi connectivity index (χ3v) is 6.97. The van der Waals surface area contributed by atoms with Crippen LogP contribution in [0, 0.1) is 5.92 Å². The predicted octanol–water partition coefficient (Wildman–Crippen LogP) is 8.30. The van der Waals surface area contributed by atoms with Gasteiger partial charge in [-0.1, -0.05) is 111 Å². The van der Waals surface area contributed by atoms with Crippen molar-refractivity contribution in [1.29, 1.82) is 0 Å². The van der Waals surface area contributed by atoms with Gasteiger partial charge in [-0.05, 0) is 51.1 Å². The number of esters is 1. The van der Waals surface area contributed by atoms with Crippen molar-refractivity contribution < 1.29 is 14.6 Å². The van der Waals surface area contributed by atoms with Crippen molar-refractivity contribution in [3.8, 4) is 0 Å². The Morgan fingerprint density at radius 3 is 1.65 bits per heavy atom. The van der Waals surface area contributed by atoms with Gasteiger partial charge in [0.1, 0.15) is 6.10 Å². The number of aliphatic hydroxyl groups is 1. The van der Waals surface area contributed by atoms with Crippen LogP contribution in [0.4, 0.5) is 0 Å². The molecule has 0 aliphatic heterocycles. The van der Waals surface area contributed by atoms with E-state index in [2.05, 4.69) is 32.6 Å².